The highest BCUT2D eigenvalue weighted by Gasteiger charge is 1.87. The van der Waals surface area contributed by atoms with Crippen LogP contribution in [0.2, 0.25) is 0 Å². The number of hydrogen-bond acceptors (Lipinski definition) is 0. The molecule has 0 heteroatoms. The summed E-state index contributed by atoms with van der Waals surface area (Å²) in [5.74, 6) is 0. The maximum atomic E-state index is 3.69. The first-order chi connectivity index (χ1) is 11.0. The minimum atomic E-state index is 1.02. The lowest BCUT2D eigenvalue weighted by Crippen LogP contribution is -1.75. The highest BCUT2D eigenvalue weighted by molar-refractivity contribution is 5.51. The number of aryl methyl sites for hydroxylation is 2. The van der Waals surface area contributed by atoms with E-state index >= 15 is 0 Å². The van der Waals surface area contributed by atoms with E-state index in [1.54, 1.807) is 6.08 Å². The van der Waals surface area contributed by atoms with Crippen molar-refractivity contribution >= 4 is 12.2 Å². The first-order valence-electron chi connectivity index (χ1n) is 7.60. The topological polar surface area (TPSA) is 0 Å². The molecule has 0 fully saturated rings. The van der Waals surface area contributed by atoms with Gasteiger partial charge in [0.15, 0.2) is 0 Å². The summed E-state index contributed by atoms with van der Waals surface area (Å²) in [5, 5.41) is 0. The monoisotopic (exact) mass is 304 g/mol. The van der Waals surface area contributed by atoms with Crippen molar-refractivity contribution in [2.24, 2.45) is 0 Å². The van der Waals surface area contributed by atoms with Gasteiger partial charge in [-0.1, -0.05) is 98.6 Å². The first-order valence-corrected chi connectivity index (χ1v) is 7.60. The minimum absolute atomic E-state index is 1.02. The molecule has 23 heavy (non-hydrogen) atoms. The first kappa shape index (κ1) is 20.4. The summed E-state index contributed by atoms with van der Waals surface area (Å²) in [6.07, 6.45) is 5.46. The second kappa shape index (κ2) is 12.0. The highest BCUT2D eigenvalue weighted by atomic mass is 13.9. The van der Waals surface area contributed by atoms with Gasteiger partial charge in [0.05, 0.1) is 0 Å². The minimum Gasteiger partial charge on any atom is -0.0988 e. The molecule has 0 atom stereocenters. The van der Waals surface area contributed by atoms with E-state index in [1.807, 2.05) is 43.3 Å². The molecule has 0 radical (unpaired) electrons. The van der Waals surface area contributed by atoms with Gasteiger partial charge < -0.3 is 0 Å². The van der Waals surface area contributed by atoms with Crippen LogP contribution in [0.5, 0.6) is 0 Å². The number of benzene rings is 2. The summed E-state index contributed by atoms with van der Waals surface area (Å²) in [4.78, 5) is 0. The Morgan fingerprint density at radius 1 is 0.739 bits per heavy atom. The highest BCUT2D eigenvalue weighted by Crippen LogP contribution is 2.07. The molecule has 0 heterocycles. The second-order valence-electron chi connectivity index (χ2n) is 5.17. The molecule has 0 spiro atoms. The van der Waals surface area contributed by atoms with Crippen LogP contribution in [0.3, 0.4) is 0 Å². The molecule has 2 aromatic rings. The molecule has 0 aromatic heterocycles. The number of rotatable bonds is 3. The quantitative estimate of drug-likeness (QED) is 0.534. The Bertz CT molecular complexity index is 595. The number of hydrogen-bond donors (Lipinski definition) is 0. The lowest BCUT2D eigenvalue weighted by Gasteiger charge is -1.95. The molecule has 0 aliphatic heterocycles. The van der Waals surface area contributed by atoms with Crippen molar-refractivity contribution in [2.45, 2.75) is 20.8 Å². The van der Waals surface area contributed by atoms with E-state index in [1.165, 1.54) is 22.3 Å². The predicted octanol–water partition coefficient (Wildman–Crippen LogP) is 7.02. The van der Waals surface area contributed by atoms with Crippen LogP contribution in [0, 0.1) is 13.8 Å². The maximum Gasteiger partial charge on any atom is -0.0233 e. The molecule has 0 aliphatic rings. The van der Waals surface area contributed by atoms with Gasteiger partial charge in [-0.05, 0) is 43.0 Å². The average molecular weight is 304 g/mol. The molecular formula is C23H28. The van der Waals surface area contributed by atoms with Gasteiger partial charge in [-0.25, -0.2) is 0 Å². The van der Waals surface area contributed by atoms with Crippen molar-refractivity contribution in [2.75, 3.05) is 0 Å². The van der Waals surface area contributed by atoms with Crippen LogP contribution in [0.15, 0.2) is 86.5 Å². The fourth-order valence-corrected chi connectivity index (χ4v) is 1.63. The van der Waals surface area contributed by atoms with Crippen molar-refractivity contribution in [3.63, 3.8) is 0 Å². The average Bonchev–Trinajstić information content (AvgIpc) is 2.57. The summed E-state index contributed by atoms with van der Waals surface area (Å²) < 4.78 is 0. The van der Waals surface area contributed by atoms with Gasteiger partial charge in [-0.2, -0.15) is 0 Å². The van der Waals surface area contributed by atoms with Crippen LogP contribution >= 0.6 is 0 Å². The third kappa shape index (κ3) is 9.10. The summed E-state index contributed by atoms with van der Waals surface area (Å²) in [7, 11) is 0. The molecule has 0 unspecified atom stereocenters. The van der Waals surface area contributed by atoms with Gasteiger partial charge in [0.25, 0.3) is 0 Å². The fraction of sp³-hybridized carbons (Fsp3) is 0.130. The Kier molecular flexibility index (Phi) is 10.6. The Balaban J connectivity index is 0.000000332. The normalized spacial score (nSPS) is 8.48. The third-order valence-corrected chi connectivity index (χ3v) is 3.17. The molecule has 0 N–H and O–H groups in total. The van der Waals surface area contributed by atoms with E-state index in [0.717, 1.165) is 5.57 Å². The molecule has 2 aromatic carbocycles. The summed E-state index contributed by atoms with van der Waals surface area (Å²) >= 11 is 0. The summed E-state index contributed by atoms with van der Waals surface area (Å²) in [6.45, 7) is 20.5. The largest absolute Gasteiger partial charge is 0.0988 e. The van der Waals surface area contributed by atoms with Gasteiger partial charge in [-0.15, -0.1) is 0 Å². The van der Waals surface area contributed by atoms with Gasteiger partial charge in [-0.3, -0.25) is 0 Å². The SMILES string of the molecule is C=CC(=C)C.C=Cc1ccccc1C.C=Cc1ccccc1C. The number of allylic oxidation sites excluding steroid dienone is 2. The van der Waals surface area contributed by atoms with E-state index in [9.17, 15) is 0 Å². The Labute approximate surface area is 142 Å². The van der Waals surface area contributed by atoms with Gasteiger partial charge in [0.2, 0.25) is 0 Å². The fourth-order valence-electron chi connectivity index (χ4n) is 1.63. The van der Waals surface area contributed by atoms with E-state index in [4.69, 9.17) is 0 Å². The van der Waals surface area contributed by atoms with Gasteiger partial charge in [0.1, 0.15) is 0 Å². The molecule has 0 saturated carbocycles. The van der Waals surface area contributed by atoms with Crippen molar-refractivity contribution in [1.82, 2.24) is 0 Å². The van der Waals surface area contributed by atoms with Crippen molar-refractivity contribution in [3.05, 3.63) is 109 Å². The predicted molar refractivity (Wildman–Crippen MR) is 108 cm³/mol. The van der Waals surface area contributed by atoms with Crippen LogP contribution in [0.4, 0.5) is 0 Å². The Morgan fingerprint density at radius 3 is 1.22 bits per heavy atom. The van der Waals surface area contributed by atoms with E-state index < -0.39 is 0 Å². The van der Waals surface area contributed by atoms with Crippen LogP contribution < -0.4 is 0 Å². The maximum absolute atomic E-state index is 3.69. The molecule has 0 amide bonds. The molecule has 0 saturated heterocycles. The van der Waals surface area contributed by atoms with E-state index in [2.05, 4.69) is 64.4 Å². The molecule has 0 bridgehead atoms. The molecule has 0 aliphatic carbocycles. The molecular weight excluding hydrogens is 276 g/mol. The zero-order chi connectivity index (χ0) is 17.7. The lowest BCUT2D eigenvalue weighted by atomic mass is 10.1. The third-order valence-electron chi connectivity index (χ3n) is 3.17. The summed E-state index contributed by atoms with van der Waals surface area (Å²) in [5.41, 5.74) is 6.03. The molecule has 0 nitrogen and oxygen atoms in total. The van der Waals surface area contributed by atoms with E-state index in [0.29, 0.717) is 0 Å². The van der Waals surface area contributed by atoms with Crippen LogP contribution in [0.1, 0.15) is 29.2 Å². The van der Waals surface area contributed by atoms with Gasteiger partial charge >= 0.3 is 0 Å². The van der Waals surface area contributed by atoms with Crippen molar-refractivity contribution in [3.8, 4) is 0 Å². The van der Waals surface area contributed by atoms with Crippen LogP contribution in [0.25, 0.3) is 12.2 Å². The Morgan fingerprint density at radius 2 is 1.04 bits per heavy atom. The Hall–Kier alpha value is -2.60. The van der Waals surface area contributed by atoms with Crippen LogP contribution in [-0.4, -0.2) is 0 Å². The van der Waals surface area contributed by atoms with Crippen molar-refractivity contribution in [1.29, 1.82) is 0 Å². The van der Waals surface area contributed by atoms with E-state index in [-0.39, 0.29) is 0 Å². The summed E-state index contributed by atoms with van der Waals surface area (Å²) in [6, 6.07) is 16.4. The zero-order valence-electron chi connectivity index (χ0n) is 14.7. The van der Waals surface area contributed by atoms with Crippen LogP contribution in [-0.2, 0) is 0 Å². The zero-order valence-corrected chi connectivity index (χ0v) is 14.7. The molecule has 120 valence electrons. The van der Waals surface area contributed by atoms with Gasteiger partial charge in [0, 0.05) is 0 Å². The smallest absolute Gasteiger partial charge is 0.0233 e. The standard InChI is InChI=1S/2C9H10.C5H8/c2*1-3-9-7-5-4-6-8(9)2;1-4-5(2)3/h2*3-7H,1H2,2H3;4H,1-2H2,3H3. The lowest BCUT2D eigenvalue weighted by molar-refractivity contribution is 1.45. The molecule has 2 rings (SSSR count). The second-order valence-corrected chi connectivity index (χ2v) is 5.17. The van der Waals surface area contributed by atoms with Crippen molar-refractivity contribution < 1.29 is 0 Å².